The van der Waals surface area contributed by atoms with Gasteiger partial charge in [0.25, 0.3) is 0 Å². The average Bonchev–Trinajstić information content (AvgIpc) is 2.72. The fourth-order valence-corrected chi connectivity index (χ4v) is 5.29. The van der Waals surface area contributed by atoms with Crippen molar-refractivity contribution in [2.24, 2.45) is 17.8 Å². The third kappa shape index (κ3) is 6.84. The predicted molar refractivity (Wildman–Crippen MR) is 117 cm³/mol. The highest BCUT2D eigenvalue weighted by molar-refractivity contribution is 5.29. The van der Waals surface area contributed by atoms with Crippen LogP contribution in [0.4, 0.5) is 0 Å². The van der Waals surface area contributed by atoms with Gasteiger partial charge in [-0.25, -0.2) is 0 Å². The fourth-order valence-electron chi connectivity index (χ4n) is 5.29. The van der Waals surface area contributed by atoms with E-state index in [4.69, 9.17) is 4.74 Å². The summed E-state index contributed by atoms with van der Waals surface area (Å²) in [6, 6.07) is 9.03. The zero-order valence-electron chi connectivity index (χ0n) is 17.9. The van der Waals surface area contributed by atoms with Crippen LogP contribution >= 0.6 is 0 Å². The van der Waals surface area contributed by atoms with Crippen LogP contribution in [-0.4, -0.2) is 6.61 Å². The Labute approximate surface area is 168 Å². The van der Waals surface area contributed by atoms with Gasteiger partial charge in [0.15, 0.2) is 0 Å². The van der Waals surface area contributed by atoms with Gasteiger partial charge in [-0.2, -0.15) is 0 Å². The molecule has 0 unspecified atom stereocenters. The second kappa shape index (κ2) is 11.1. The van der Waals surface area contributed by atoms with Crippen LogP contribution in [0.1, 0.15) is 109 Å². The lowest BCUT2D eigenvalue weighted by Gasteiger charge is -2.28. The van der Waals surface area contributed by atoms with Gasteiger partial charge in [-0.1, -0.05) is 83.8 Å². The first-order valence-electron chi connectivity index (χ1n) is 12.0. The smallest absolute Gasteiger partial charge is 0.119 e. The lowest BCUT2D eigenvalue weighted by Crippen LogP contribution is -2.15. The molecular formula is C26H42O. The van der Waals surface area contributed by atoms with Gasteiger partial charge >= 0.3 is 0 Å². The third-order valence-corrected chi connectivity index (χ3v) is 7.33. The molecule has 0 atom stereocenters. The van der Waals surface area contributed by atoms with E-state index in [0.29, 0.717) is 0 Å². The molecule has 0 saturated heterocycles. The van der Waals surface area contributed by atoms with Crippen molar-refractivity contribution in [2.75, 3.05) is 6.61 Å². The number of benzene rings is 1. The Kier molecular flexibility index (Phi) is 8.55. The number of unbranched alkanes of at least 4 members (excludes halogenated alkanes) is 1. The maximum absolute atomic E-state index is 6.03. The van der Waals surface area contributed by atoms with Crippen molar-refractivity contribution in [1.82, 2.24) is 0 Å². The summed E-state index contributed by atoms with van der Waals surface area (Å²) in [5.74, 6) is 4.76. The Morgan fingerprint density at radius 2 is 1.37 bits per heavy atom. The molecule has 152 valence electrons. The molecule has 1 aromatic carbocycles. The van der Waals surface area contributed by atoms with E-state index in [1.165, 1.54) is 89.0 Å². The maximum Gasteiger partial charge on any atom is 0.119 e. The zero-order valence-corrected chi connectivity index (χ0v) is 17.9. The minimum absolute atomic E-state index is 0.780. The van der Waals surface area contributed by atoms with Crippen molar-refractivity contribution in [3.05, 3.63) is 29.8 Å². The van der Waals surface area contributed by atoms with Crippen molar-refractivity contribution in [1.29, 1.82) is 0 Å². The summed E-state index contributed by atoms with van der Waals surface area (Å²) in [7, 11) is 0. The van der Waals surface area contributed by atoms with E-state index in [-0.39, 0.29) is 0 Å². The molecule has 3 rings (SSSR count). The van der Waals surface area contributed by atoms with Gasteiger partial charge in [-0.05, 0) is 67.1 Å². The van der Waals surface area contributed by atoms with Crippen LogP contribution in [0.3, 0.4) is 0 Å². The monoisotopic (exact) mass is 370 g/mol. The molecule has 0 aliphatic heterocycles. The third-order valence-electron chi connectivity index (χ3n) is 7.33. The Balaban J connectivity index is 1.29. The van der Waals surface area contributed by atoms with Crippen molar-refractivity contribution in [2.45, 2.75) is 103 Å². The van der Waals surface area contributed by atoms with Crippen molar-refractivity contribution < 1.29 is 4.74 Å². The molecule has 27 heavy (non-hydrogen) atoms. The summed E-state index contributed by atoms with van der Waals surface area (Å²) < 4.78 is 6.03. The summed E-state index contributed by atoms with van der Waals surface area (Å²) in [6.45, 7) is 5.59. The predicted octanol–water partition coefficient (Wildman–Crippen LogP) is 8.14. The molecular weight excluding hydrogens is 328 g/mol. The number of rotatable bonds is 9. The van der Waals surface area contributed by atoms with Crippen molar-refractivity contribution in [3.8, 4) is 5.75 Å². The van der Waals surface area contributed by atoms with E-state index in [9.17, 15) is 0 Å². The normalized spacial score (nSPS) is 28.8. The summed E-state index contributed by atoms with van der Waals surface area (Å²) in [4.78, 5) is 0. The average molecular weight is 371 g/mol. The maximum atomic E-state index is 6.03. The van der Waals surface area contributed by atoms with Crippen LogP contribution in [0.5, 0.6) is 5.75 Å². The van der Waals surface area contributed by atoms with E-state index in [2.05, 4.69) is 38.1 Å². The van der Waals surface area contributed by atoms with Crippen LogP contribution in [0, 0.1) is 17.8 Å². The van der Waals surface area contributed by atoms with Crippen LogP contribution in [0.25, 0.3) is 0 Å². The molecule has 0 aromatic heterocycles. The van der Waals surface area contributed by atoms with Crippen LogP contribution in [0.2, 0.25) is 0 Å². The Bertz CT molecular complexity index is 504. The van der Waals surface area contributed by atoms with Crippen molar-refractivity contribution in [3.63, 3.8) is 0 Å². The Morgan fingerprint density at radius 1 is 0.778 bits per heavy atom. The van der Waals surface area contributed by atoms with Crippen LogP contribution in [0.15, 0.2) is 24.3 Å². The van der Waals surface area contributed by atoms with Gasteiger partial charge in [-0.3, -0.25) is 0 Å². The lowest BCUT2D eigenvalue weighted by molar-refractivity contribution is 0.228. The SMILES string of the molecule is CCCC[C@H]1CC[C@H](CCCOc2ccc([C@H]3CC[C@H](C)CC3)cc2)CC1. The second-order valence-corrected chi connectivity index (χ2v) is 9.55. The molecule has 2 aliphatic rings. The first-order valence-corrected chi connectivity index (χ1v) is 12.0. The van der Waals surface area contributed by atoms with E-state index in [1.54, 1.807) is 0 Å². The van der Waals surface area contributed by atoms with Gasteiger partial charge < -0.3 is 4.74 Å². The van der Waals surface area contributed by atoms with Crippen LogP contribution in [-0.2, 0) is 0 Å². The molecule has 2 fully saturated rings. The molecule has 1 nitrogen and oxygen atoms in total. The summed E-state index contributed by atoms with van der Waals surface area (Å²) in [5, 5.41) is 0. The molecule has 2 aliphatic carbocycles. The highest BCUT2D eigenvalue weighted by Crippen LogP contribution is 2.36. The topological polar surface area (TPSA) is 9.23 Å². The van der Waals surface area contributed by atoms with Gasteiger partial charge in [0.2, 0.25) is 0 Å². The highest BCUT2D eigenvalue weighted by Gasteiger charge is 2.21. The zero-order chi connectivity index (χ0) is 18.9. The molecule has 0 heterocycles. The summed E-state index contributed by atoms with van der Waals surface area (Å²) in [6.07, 6.45) is 18.2. The highest BCUT2D eigenvalue weighted by atomic mass is 16.5. The molecule has 2 saturated carbocycles. The van der Waals surface area contributed by atoms with Gasteiger partial charge in [0.1, 0.15) is 5.75 Å². The molecule has 0 N–H and O–H groups in total. The van der Waals surface area contributed by atoms with E-state index < -0.39 is 0 Å². The largest absolute Gasteiger partial charge is 0.494 e. The first kappa shape index (κ1) is 20.7. The minimum atomic E-state index is 0.780. The Hall–Kier alpha value is -0.980. The number of ether oxygens (including phenoxy) is 1. The molecule has 0 radical (unpaired) electrons. The van der Waals surface area contributed by atoms with Gasteiger partial charge in [0, 0.05) is 0 Å². The summed E-state index contributed by atoms with van der Waals surface area (Å²) >= 11 is 0. The minimum Gasteiger partial charge on any atom is -0.494 e. The molecule has 0 amide bonds. The molecule has 0 spiro atoms. The Morgan fingerprint density at radius 3 is 1.96 bits per heavy atom. The van der Waals surface area contributed by atoms with E-state index in [1.807, 2.05) is 0 Å². The first-order chi connectivity index (χ1) is 13.2. The van der Waals surface area contributed by atoms with Gasteiger partial charge in [-0.15, -0.1) is 0 Å². The fraction of sp³-hybridized carbons (Fsp3) is 0.769. The number of hydrogen-bond donors (Lipinski definition) is 0. The molecule has 1 aromatic rings. The van der Waals surface area contributed by atoms with Crippen LogP contribution < -0.4 is 4.74 Å². The van der Waals surface area contributed by atoms with Gasteiger partial charge in [0.05, 0.1) is 6.61 Å². The van der Waals surface area contributed by atoms with E-state index in [0.717, 1.165) is 36.0 Å². The quantitative estimate of drug-likeness (QED) is 0.399. The second-order valence-electron chi connectivity index (χ2n) is 9.55. The summed E-state index contributed by atoms with van der Waals surface area (Å²) in [5.41, 5.74) is 1.52. The van der Waals surface area contributed by atoms with E-state index >= 15 is 0 Å². The lowest BCUT2D eigenvalue weighted by atomic mass is 9.78. The standard InChI is InChI=1S/C26H42O/c1-3-4-6-22-10-12-23(13-11-22)7-5-20-27-26-18-16-25(17-19-26)24-14-8-21(2)9-15-24/h16-19,21-24H,3-15,20H2,1-2H3/t21-,22-,23-,24-. The van der Waals surface area contributed by atoms with Crippen molar-refractivity contribution >= 4 is 0 Å². The molecule has 0 bridgehead atoms. The number of hydrogen-bond acceptors (Lipinski definition) is 1. The molecule has 1 heteroatoms.